The number of amides is 1. The van der Waals surface area contributed by atoms with Gasteiger partial charge in [0.15, 0.2) is 5.82 Å². The number of nitrogens with one attached hydrogen (secondary N) is 2. The fourth-order valence-corrected chi connectivity index (χ4v) is 2.74. The molecule has 1 aromatic heterocycles. The number of carbonyl (C=O) groups is 1. The van der Waals surface area contributed by atoms with Crippen LogP contribution in [0.4, 0.5) is 5.82 Å². The van der Waals surface area contributed by atoms with Crippen LogP contribution in [0.2, 0.25) is 0 Å². The monoisotopic (exact) mass is 278 g/mol. The average molecular weight is 278 g/mol. The maximum atomic E-state index is 11.9. The molecule has 5 nitrogen and oxygen atoms in total. The van der Waals surface area contributed by atoms with Crippen molar-refractivity contribution in [1.82, 2.24) is 10.2 Å². The molecule has 1 aliphatic rings. The van der Waals surface area contributed by atoms with Gasteiger partial charge in [0.2, 0.25) is 5.91 Å². The lowest BCUT2D eigenvalue weighted by Gasteiger charge is -2.20. The highest BCUT2D eigenvalue weighted by molar-refractivity contribution is 5.94. The molecule has 1 aliphatic carbocycles. The molecule has 1 heterocycles. The van der Waals surface area contributed by atoms with Gasteiger partial charge in [-0.3, -0.25) is 9.89 Å². The van der Waals surface area contributed by atoms with Crippen LogP contribution in [0.5, 0.6) is 0 Å². The lowest BCUT2D eigenvalue weighted by Crippen LogP contribution is -2.39. The Kier molecular flexibility index (Phi) is 5.17. The first-order valence-corrected chi connectivity index (χ1v) is 7.67. The number of hydrogen-bond acceptors (Lipinski definition) is 3. The van der Waals surface area contributed by atoms with E-state index in [9.17, 15) is 4.79 Å². The highest BCUT2D eigenvalue weighted by Gasteiger charge is 2.19. The number of hydrogen-bond donors (Lipinski definition) is 3. The molecule has 0 spiro atoms. The van der Waals surface area contributed by atoms with Crippen LogP contribution in [0.1, 0.15) is 51.6 Å². The molecule has 0 aromatic carbocycles. The molecule has 0 aliphatic heterocycles. The third-order valence-electron chi connectivity index (χ3n) is 4.14. The van der Waals surface area contributed by atoms with Crippen molar-refractivity contribution in [1.29, 1.82) is 0 Å². The van der Waals surface area contributed by atoms with Gasteiger partial charge in [-0.15, -0.1) is 0 Å². The Hall–Kier alpha value is -1.36. The van der Waals surface area contributed by atoms with E-state index in [0.29, 0.717) is 5.82 Å². The van der Waals surface area contributed by atoms with E-state index >= 15 is 0 Å². The number of rotatable bonds is 5. The third-order valence-corrected chi connectivity index (χ3v) is 4.14. The summed E-state index contributed by atoms with van der Waals surface area (Å²) in [6.45, 7) is 3.87. The number of anilines is 1. The van der Waals surface area contributed by atoms with Crippen molar-refractivity contribution in [2.45, 2.75) is 58.4 Å². The van der Waals surface area contributed by atoms with Gasteiger partial charge < -0.3 is 11.1 Å². The minimum absolute atomic E-state index is 0.121. The topological polar surface area (TPSA) is 83.8 Å². The summed E-state index contributed by atoms with van der Waals surface area (Å²) >= 11 is 0. The summed E-state index contributed by atoms with van der Waals surface area (Å²) in [7, 11) is 0. The van der Waals surface area contributed by atoms with Gasteiger partial charge >= 0.3 is 0 Å². The van der Waals surface area contributed by atoms with Crippen LogP contribution >= 0.6 is 0 Å². The minimum atomic E-state index is -0.492. The second-order valence-corrected chi connectivity index (χ2v) is 6.25. The summed E-state index contributed by atoms with van der Waals surface area (Å²) < 4.78 is 0. The second kappa shape index (κ2) is 6.88. The van der Waals surface area contributed by atoms with Crippen molar-refractivity contribution in [2.75, 3.05) is 5.32 Å². The molecule has 1 fully saturated rings. The fraction of sp³-hybridized carbons (Fsp3) is 0.733. The summed E-state index contributed by atoms with van der Waals surface area (Å²) in [5.41, 5.74) is 6.92. The summed E-state index contributed by atoms with van der Waals surface area (Å²) in [5.74, 6) is 1.29. The van der Waals surface area contributed by atoms with Crippen LogP contribution in [0.15, 0.2) is 6.07 Å². The zero-order valence-corrected chi connectivity index (χ0v) is 12.5. The first-order valence-electron chi connectivity index (χ1n) is 7.67. The molecule has 0 radical (unpaired) electrons. The normalized spacial score (nSPS) is 18.2. The van der Waals surface area contributed by atoms with Gasteiger partial charge in [0.05, 0.1) is 6.04 Å². The molecule has 1 amide bonds. The molecule has 0 unspecified atom stereocenters. The Labute approximate surface area is 120 Å². The van der Waals surface area contributed by atoms with Crippen molar-refractivity contribution >= 4 is 11.7 Å². The zero-order chi connectivity index (χ0) is 14.5. The SMILES string of the molecule is CC(C)[C@H](N)C(=O)Nc1cc(CC2CCCCC2)[nH]n1. The predicted octanol–water partition coefficient (Wildman–Crippen LogP) is 2.45. The Morgan fingerprint density at radius 3 is 2.80 bits per heavy atom. The van der Waals surface area contributed by atoms with Gasteiger partial charge in [-0.25, -0.2) is 0 Å². The van der Waals surface area contributed by atoms with Crippen molar-refractivity contribution in [3.63, 3.8) is 0 Å². The van der Waals surface area contributed by atoms with Crippen LogP contribution in [-0.2, 0) is 11.2 Å². The molecule has 4 N–H and O–H groups in total. The van der Waals surface area contributed by atoms with Crippen molar-refractivity contribution in [2.24, 2.45) is 17.6 Å². The Bertz CT molecular complexity index is 435. The van der Waals surface area contributed by atoms with Crippen LogP contribution in [0.25, 0.3) is 0 Å². The van der Waals surface area contributed by atoms with E-state index in [-0.39, 0.29) is 11.8 Å². The van der Waals surface area contributed by atoms with E-state index in [4.69, 9.17) is 5.73 Å². The molecule has 20 heavy (non-hydrogen) atoms. The molecule has 0 saturated heterocycles. The van der Waals surface area contributed by atoms with E-state index in [1.54, 1.807) is 0 Å². The third kappa shape index (κ3) is 4.07. The Morgan fingerprint density at radius 2 is 2.15 bits per heavy atom. The average Bonchev–Trinajstić information content (AvgIpc) is 2.86. The van der Waals surface area contributed by atoms with Gasteiger partial charge in [0.1, 0.15) is 0 Å². The number of carbonyl (C=O) groups excluding carboxylic acids is 1. The second-order valence-electron chi connectivity index (χ2n) is 6.25. The Morgan fingerprint density at radius 1 is 1.45 bits per heavy atom. The zero-order valence-electron chi connectivity index (χ0n) is 12.5. The fourth-order valence-electron chi connectivity index (χ4n) is 2.74. The molecular weight excluding hydrogens is 252 g/mol. The van der Waals surface area contributed by atoms with E-state index in [0.717, 1.165) is 18.0 Å². The van der Waals surface area contributed by atoms with Crippen molar-refractivity contribution in [3.05, 3.63) is 11.8 Å². The number of nitrogens with zero attached hydrogens (tertiary/aromatic N) is 1. The molecule has 2 rings (SSSR count). The van der Waals surface area contributed by atoms with Gasteiger partial charge in [-0.2, -0.15) is 5.10 Å². The number of aromatic nitrogens is 2. The van der Waals surface area contributed by atoms with E-state index in [2.05, 4.69) is 15.5 Å². The van der Waals surface area contributed by atoms with Gasteiger partial charge in [-0.05, 0) is 18.3 Å². The molecule has 1 aromatic rings. The van der Waals surface area contributed by atoms with Crippen LogP contribution in [-0.4, -0.2) is 22.1 Å². The molecule has 112 valence electrons. The number of nitrogens with two attached hydrogens (primary N) is 1. The minimum Gasteiger partial charge on any atom is -0.320 e. The number of H-pyrrole nitrogens is 1. The lowest BCUT2D eigenvalue weighted by atomic mass is 9.86. The standard InChI is InChI=1S/C15H26N4O/c1-10(2)14(16)15(20)17-13-9-12(18-19-13)8-11-6-4-3-5-7-11/h9-11,14H,3-8,16H2,1-2H3,(H2,17,18,19,20)/t14-/m0/s1. The first kappa shape index (κ1) is 15.0. The highest BCUT2D eigenvalue weighted by Crippen LogP contribution is 2.26. The molecule has 1 saturated carbocycles. The number of aromatic amines is 1. The maximum absolute atomic E-state index is 11.9. The van der Waals surface area contributed by atoms with E-state index in [1.165, 1.54) is 32.1 Å². The summed E-state index contributed by atoms with van der Waals surface area (Å²) in [5, 5.41) is 9.95. The predicted molar refractivity (Wildman–Crippen MR) is 80.3 cm³/mol. The van der Waals surface area contributed by atoms with E-state index in [1.807, 2.05) is 19.9 Å². The molecular formula is C15H26N4O. The van der Waals surface area contributed by atoms with Crippen LogP contribution in [0, 0.1) is 11.8 Å². The summed E-state index contributed by atoms with van der Waals surface area (Å²) in [4.78, 5) is 11.9. The lowest BCUT2D eigenvalue weighted by molar-refractivity contribution is -0.118. The highest BCUT2D eigenvalue weighted by atomic mass is 16.2. The molecule has 5 heteroatoms. The van der Waals surface area contributed by atoms with Crippen molar-refractivity contribution < 1.29 is 4.79 Å². The van der Waals surface area contributed by atoms with Gasteiger partial charge in [-0.1, -0.05) is 46.0 Å². The molecule has 1 atom stereocenters. The largest absolute Gasteiger partial charge is 0.320 e. The summed E-state index contributed by atoms with van der Waals surface area (Å²) in [6.07, 6.45) is 7.68. The van der Waals surface area contributed by atoms with E-state index < -0.39 is 6.04 Å². The molecule has 0 bridgehead atoms. The first-order chi connectivity index (χ1) is 9.56. The van der Waals surface area contributed by atoms with Gasteiger partial charge in [0.25, 0.3) is 0 Å². The smallest absolute Gasteiger partial charge is 0.242 e. The Balaban J connectivity index is 1.87. The van der Waals surface area contributed by atoms with Gasteiger partial charge in [0, 0.05) is 11.8 Å². The van der Waals surface area contributed by atoms with Crippen LogP contribution < -0.4 is 11.1 Å². The summed E-state index contributed by atoms with van der Waals surface area (Å²) in [6, 6.07) is 1.44. The van der Waals surface area contributed by atoms with Crippen LogP contribution in [0.3, 0.4) is 0 Å². The maximum Gasteiger partial charge on any atom is 0.242 e. The van der Waals surface area contributed by atoms with Crippen molar-refractivity contribution in [3.8, 4) is 0 Å². The quantitative estimate of drug-likeness (QED) is 0.773.